The first kappa shape index (κ1) is 18.5. The normalized spacial score (nSPS) is 20.7. The molecule has 28 heavy (non-hydrogen) atoms. The smallest absolute Gasteiger partial charge is 0.286 e. The van der Waals surface area contributed by atoms with Gasteiger partial charge in [-0.1, -0.05) is 12.1 Å². The first-order chi connectivity index (χ1) is 13.3. The molecule has 0 bridgehead atoms. The monoisotopic (exact) mass is 399 g/mol. The molecule has 2 aliphatic heterocycles. The van der Waals surface area contributed by atoms with E-state index >= 15 is 0 Å². The van der Waals surface area contributed by atoms with Crippen LogP contribution in [0.3, 0.4) is 0 Å². The molecular formula is C19H21N5O3S. The van der Waals surface area contributed by atoms with Crippen molar-refractivity contribution in [2.45, 2.75) is 31.6 Å². The third-order valence-electron chi connectivity index (χ3n) is 5.07. The van der Waals surface area contributed by atoms with Gasteiger partial charge in [0.2, 0.25) is 0 Å². The number of aromatic nitrogens is 2. The van der Waals surface area contributed by atoms with E-state index in [-0.39, 0.29) is 16.7 Å². The van der Waals surface area contributed by atoms with Gasteiger partial charge in [-0.15, -0.1) is 4.40 Å². The Labute approximate surface area is 163 Å². The van der Waals surface area contributed by atoms with Gasteiger partial charge in [-0.25, -0.2) is 9.97 Å². The zero-order valence-electron chi connectivity index (χ0n) is 15.7. The molecule has 2 aliphatic rings. The Morgan fingerprint density at radius 3 is 2.82 bits per heavy atom. The molecule has 0 saturated carbocycles. The second kappa shape index (κ2) is 6.97. The van der Waals surface area contributed by atoms with Crippen LogP contribution < -0.4 is 5.32 Å². The van der Waals surface area contributed by atoms with Gasteiger partial charge in [-0.2, -0.15) is 8.42 Å². The van der Waals surface area contributed by atoms with E-state index in [2.05, 4.69) is 19.7 Å². The highest BCUT2D eigenvalue weighted by molar-refractivity contribution is 7.90. The number of nitrogens with zero attached hydrogens (tertiary/aromatic N) is 4. The third-order valence-corrected chi connectivity index (χ3v) is 6.42. The molecule has 8 nitrogen and oxygen atoms in total. The van der Waals surface area contributed by atoms with Gasteiger partial charge in [0.25, 0.3) is 15.9 Å². The topological polar surface area (TPSA) is 105 Å². The molecule has 0 aliphatic carbocycles. The van der Waals surface area contributed by atoms with Crippen LogP contribution in [0.15, 0.2) is 39.8 Å². The lowest BCUT2D eigenvalue weighted by Gasteiger charge is -2.34. The molecule has 1 N–H and O–H groups in total. The van der Waals surface area contributed by atoms with Crippen molar-refractivity contribution in [1.82, 2.24) is 14.9 Å². The molecule has 1 fully saturated rings. The maximum atomic E-state index is 13.0. The highest BCUT2D eigenvalue weighted by Gasteiger charge is 2.33. The van der Waals surface area contributed by atoms with Gasteiger partial charge in [-0.05, 0) is 38.8 Å². The van der Waals surface area contributed by atoms with E-state index in [1.165, 1.54) is 6.07 Å². The SMILES string of the molecule is Cc1ncc(C(=O)N2CCCC(C3=NS(=O)(=O)c4ccccc4N3)C2)c(C)n1. The van der Waals surface area contributed by atoms with Gasteiger partial charge >= 0.3 is 0 Å². The van der Waals surface area contributed by atoms with Gasteiger partial charge in [-0.3, -0.25) is 4.79 Å². The van der Waals surface area contributed by atoms with Gasteiger partial charge in [0.15, 0.2) is 0 Å². The van der Waals surface area contributed by atoms with Crippen molar-refractivity contribution < 1.29 is 13.2 Å². The van der Waals surface area contributed by atoms with Crippen molar-refractivity contribution in [3.8, 4) is 0 Å². The summed E-state index contributed by atoms with van der Waals surface area (Å²) < 4.78 is 29.0. The first-order valence-electron chi connectivity index (χ1n) is 9.15. The lowest BCUT2D eigenvalue weighted by atomic mass is 9.96. The third kappa shape index (κ3) is 3.37. The molecule has 3 heterocycles. The van der Waals surface area contributed by atoms with Crippen LogP contribution in [0.1, 0.15) is 34.7 Å². The maximum absolute atomic E-state index is 13.0. The molecule has 0 spiro atoms. The zero-order valence-corrected chi connectivity index (χ0v) is 16.5. The van der Waals surface area contributed by atoms with Crippen molar-refractivity contribution in [3.05, 3.63) is 47.5 Å². The minimum Gasteiger partial charge on any atom is -0.342 e. The second-order valence-electron chi connectivity index (χ2n) is 7.08. The van der Waals surface area contributed by atoms with E-state index in [1.807, 2.05) is 0 Å². The number of carbonyl (C=O) groups is 1. The van der Waals surface area contributed by atoms with E-state index < -0.39 is 10.0 Å². The Kier molecular flexibility index (Phi) is 4.62. The Morgan fingerprint density at radius 1 is 1.25 bits per heavy atom. The molecule has 1 aromatic heterocycles. The summed E-state index contributed by atoms with van der Waals surface area (Å²) in [4.78, 5) is 23.3. The number of sulfonamides is 1. The second-order valence-corrected chi connectivity index (χ2v) is 8.65. The summed E-state index contributed by atoms with van der Waals surface area (Å²) >= 11 is 0. The average Bonchev–Trinajstić information content (AvgIpc) is 2.67. The summed E-state index contributed by atoms with van der Waals surface area (Å²) in [5.74, 6) is 0.706. The van der Waals surface area contributed by atoms with Gasteiger partial charge < -0.3 is 10.2 Å². The number of nitrogens with one attached hydrogen (secondary N) is 1. The Hall–Kier alpha value is -2.81. The Morgan fingerprint density at radius 2 is 2.04 bits per heavy atom. The highest BCUT2D eigenvalue weighted by atomic mass is 32.2. The van der Waals surface area contributed by atoms with Crippen LogP contribution in [0, 0.1) is 19.8 Å². The molecule has 1 atom stereocenters. The van der Waals surface area contributed by atoms with Gasteiger partial charge in [0.1, 0.15) is 16.6 Å². The van der Waals surface area contributed by atoms with Crippen LogP contribution in [-0.2, 0) is 10.0 Å². The van der Waals surface area contributed by atoms with Crippen LogP contribution in [-0.4, -0.2) is 48.1 Å². The number of hydrogen-bond donors (Lipinski definition) is 1. The van der Waals surface area contributed by atoms with E-state index in [1.54, 1.807) is 43.1 Å². The summed E-state index contributed by atoms with van der Waals surface area (Å²) in [5, 5.41) is 3.15. The molecule has 146 valence electrons. The standard InChI is InChI=1S/C19H21N5O3S/c1-12-15(10-20-13(2)21-12)19(25)24-9-5-6-14(11-24)18-22-16-7-3-4-8-17(16)28(26,27)23-18/h3-4,7-8,10,14H,5-6,9,11H2,1-2H3,(H,22,23). The predicted octanol–water partition coefficient (Wildman–Crippen LogP) is 2.16. The number of aryl methyl sites for hydroxylation is 2. The molecule has 1 saturated heterocycles. The number of fused-ring (bicyclic) bond motifs is 1. The minimum absolute atomic E-state index is 0.137. The molecule has 1 aromatic carbocycles. The summed E-state index contributed by atoms with van der Waals surface area (Å²) in [6.45, 7) is 4.58. The van der Waals surface area contributed by atoms with Crippen LogP contribution in [0.25, 0.3) is 0 Å². The summed E-state index contributed by atoms with van der Waals surface area (Å²) in [7, 11) is -3.74. The molecule has 1 unspecified atom stereocenters. The van der Waals surface area contributed by atoms with Crippen molar-refractivity contribution in [2.24, 2.45) is 10.3 Å². The molecule has 0 radical (unpaired) electrons. The lowest BCUT2D eigenvalue weighted by Crippen LogP contribution is -2.45. The van der Waals surface area contributed by atoms with E-state index in [4.69, 9.17) is 0 Å². The zero-order chi connectivity index (χ0) is 19.9. The molecule has 9 heteroatoms. The van der Waals surface area contributed by atoms with E-state index in [0.29, 0.717) is 41.7 Å². The summed E-state index contributed by atoms with van der Waals surface area (Å²) in [6, 6.07) is 6.71. The number of benzene rings is 1. The molecule has 4 rings (SSSR count). The summed E-state index contributed by atoms with van der Waals surface area (Å²) in [5.41, 5.74) is 1.64. The number of anilines is 1. The first-order valence-corrected chi connectivity index (χ1v) is 10.6. The number of piperidine rings is 1. The number of para-hydroxylation sites is 1. The predicted molar refractivity (Wildman–Crippen MR) is 105 cm³/mol. The van der Waals surface area contributed by atoms with E-state index in [0.717, 1.165) is 12.8 Å². The van der Waals surface area contributed by atoms with Crippen molar-refractivity contribution in [1.29, 1.82) is 0 Å². The van der Waals surface area contributed by atoms with Crippen molar-refractivity contribution in [2.75, 3.05) is 18.4 Å². The fourth-order valence-corrected chi connectivity index (χ4v) is 4.86. The van der Waals surface area contributed by atoms with Crippen LogP contribution in [0.2, 0.25) is 0 Å². The quantitative estimate of drug-likeness (QED) is 0.830. The van der Waals surface area contributed by atoms with Crippen molar-refractivity contribution >= 4 is 27.5 Å². The summed E-state index contributed by atoms with van der Waals surface area (Å²) in [6.07, 6.45) is 3.09. The number of likely N-dealkylation sites (tertiary alicyclic amines) is 1. The number of rotatable bonds is 2. The van der Waals surface area contributed by atoms with Gasteiger partial charge in [0.05, 0.1) is 16.9 Å². The lowest BCUT2D eigenvalue weighted by molar-refractivity contribution is 0.0701. The maximum Gasteiger partial charge on any atom is 0.286 e. The fraction of sp³-hybridized carbons (Fsp3) is 0.368. The van der Waals surface area contributed by atoms with Gasteiger partial charge in [0, 0.05) is 25.2 Å². The fourth-order valence-electron chi connectivity index (χ4n) is 3.66. The van der Waals surface area contributed by atoms with E-state index in [9.17, 15) is 13.2 Å². The number of carbonyl (C=O) groups excluding carboxylic acids is 1. The Bertz CT molecular complexity index is 1080. The Balaban J connectivity index is 1.58. The largest absolute Gasteiger partial charge is 0.342 e. The average molecular weight is 399 g/mol. The number of amides is 1. The number of amidine groups is 1. The molecule has 2 aromatic rings. The highest BCUT2D eigenvalue weighted by Crippen LogP contribution is 2.30. The minimum atomic E-state index is -3.74. The van der Waals surface area contributed by atoms with Crippen molar-refractivity contribution in [3.63, 3.8) is 0 Å². The molecular weight excluding hydrogens is 378 g/mol. The molecule has 1 amide bonds. The number of hydrogen-bond acceptors (Lipinski definition) is 6. The van der Waals surface area contributed by atoms with Crippen LogP contribution in [0.5, 0.6) is 0 Å². The van der Waals surface area contributed by atoms with Crippen LogP contribution >= 0.6 is 0 Å². The van der Waals surface area contributed by atoms with Crippen LogP contribution in [0.4, 0.5) is 5.69 Å².